The first-order chi connectivity index (χ1) is 9.47. The Labute approximate surface area is 130 Å². The summed E-state index contributed by atoms with van der Waals surface area (Å²) >= 11 is 0. The molecule has 0 unspecified atom stereocenters. The molecule has 1 aliphatic rings. The van der Waals surface area contributed by atoms with Crippen LogP contribution in [0.15, 0.2) is 18.2 Å². The zero-order chi connectivity index (χ0) is 14.7. The number of hydrogen-bond donors (Lipinski definition) is 1. The molecule has 0 aliphatic carbocycles. The fourth-order valence-electron chi connectivity index (χ4n) is 2.66. The highest BCUT2D eigenvalue weighted by molar-refractivity contribution is 5.85. The quantitative estimate of drug-likeness (QED) is 0.929. The third kappa shape index (κ3) is 4.64. The van der Waals surface area contributed by atoms with Crippen LogP contribution in [0.3, 0.4) is 0 Å². The Kier molecular flexibility index (Phi) is 6.55. The van der Waals surface area contributed by atoms with Crippen LogP contribution in [-0.2, 0) is 11.3 Å². The first-order valence-corrected chi connectivity index (χ1v) is 6.89. The second kappa shape index (κ2) is 7.71. The van der Waals surface area contributed by atoms with Crippen molar-refractivity contribution in [2.24, 2.45) is 5.92 Å². The van der Waals surface area contributed by atoms with Gasteiger partial charge in [-0.1, -0.05) is 6.07 Å². The Balaban J connectivity index is 0.00000220. The number of hydrogen-bond acceptors (Lipinski definition) is 2. The van der Waals surface area contributed by atoms with Crippen LogP contribution >= 0.6 is 12.4 Å². The van der Waals surface area contributed by atoms with E-state index in [1.165, 1.54) is 6.07 Å². The Morgan fingerprint density at radius 1 is 1.38 bits per heavy atom. The second-order valence-electron chi connectivity index (χ2n) is 5.52. The molecule has 1 N–H and O–H groups in total. The third-order valence-corrected chi connectivity index (χ3v) is 3.75. The van der Waals surface area contributed by atoms with Crippen LogP contribution in [0.25, 0.3) is 0 Å². The molecule has 1 aromatic rings. The van der Waals surface area contributed by atoms with Crippen LogP contribution < -0.4 is 5.32 Å². The lowest BCUT2D eigenvalue weighted by atomic mass is 9.92. The van der Waals surface area contributed by atoms with E-state index in [-0.39, 0.29) is 24.2 Å². The van der Waals surface area contributed by atoms with E-state index >= 15 is 0 Å². The molecule has 1 fully saturated rings. The van der Waals surface area contributed by atoms with Crippen molar-refractivity contribution in [2.45, 2.75) is 32.4 Å². The molecule has 1 saturated heterocycles. The van der Waals surface area contributed by atoms with Crippen molar-refractivity contribution in [2.75, 3.05) is 13.6 Å². The van der Waals surface area contributed by atoms with Crippen molar-refractivity contribution >= 4 is 18.3 Å². The average molecular weight is 319 g/mol. The minimum Gasteiger partial charge on any atom is -0.341 e. The third-order valence-electron chi connectivity index (χ3n) is 3.75. The van der Waals surface area contributed by atoms with Gasteiger partial charge in [-0.05, 0) is 44.0 Å². The summed E-state index contributed by atoms with van der Waals surface area (Å²) in [6, 6.07) is 4.09. The van der Waals surface area contributed by atoms with Crippen LogP contribution in [0.5, 0.6) is 0 Å². The second-order valence-corrected chi connectivity index (χ2v) is 5.52. The molecule has 0 saturated carbocycles. The topological polar surface area (TPSA) is 32.3 Å². The molecule has 1 aromatic carbocycles. The zero-order valence-corrected chi connectivity index (χ0v) is 13.1. The summed E-state index contributed by atoms with van der Waals surface area (Å²) < 4.78 is 26.0. The minimum atomic E-state index is -0.876. The van der Waals surface area contributed by atoms with Crippen LogP contribution in [-0.4, -0.2) is 30.4 Å². The van der Waals surface area contributed by atoms with Gasteiger partial charge in [0.15, 0.2) is 11.6 Å². The van der Waals surface area contributed by atoms with E-state index < -0.39 is 11.6 Å². The number of carbonyl (C=O) groups is 1. The SMILES string of the molecule is C[C@H]1C[C@@H](C(=O)N(C)Cc2ccc(F)c(F)c2)CCN1.Cl. The van der Waals surface area contributed by atoms with Crippen LogP contribution in [0.1, 0.15) is 25.3 Å². The van der Waals surface area contributed by atoms with Crippen molar-refractivity contribution in [1.82, 2.24) is 10.2 Å². The lowest BCUT2D eigenvalue weighted by Gasteiger charge is -2.30. The normalized spacial score (nSPS) is 21.5. The summed E-state index contributed by atoms with van der Waals surface area (Å²) in [5.74, 6) is -1.65. The monoisotopic (exact) mass is 318 g/mol. The highest BCUT2D eigenvalue weighted by atomic mass is 35.5. The van der Waals surface area contributed by atoms with Gasteiger partial charge in [0.1, 0.15) is 0 Å². The van der Waals surface area contributed by atoms with Gasteiger partial charge < -0.3 is 10.2 Å². The van der Waals surface area contributed by atoms with Gasteiger partial charge in [0.2, 0.25) is 5.91 Å². The van der Waals surface area contributed by atoms with Gasteiger partial charge >= 0.3 is 0 Å². The summed E-state index contributed by atoms with van der Waals surface area (Å²) in [6.45, 7) is 3.21. The van der Waals surface area contributed by atoms with Gasteiger partial charge in [-0.2, -0.15) is 0 Å². The molecule has 0 aromatic heterocycles. The molecule has 2 atom stereocenters. The molecular weight excluding hydrogens is 298 g/mol. The maximum Gasteiger partial charge on any atom is 0.225 e. The molecule has 0 spiro atoms. The van der Waals surface area contributed by atoms with Crippen molar-refractivity contribution in [1.29, 1.82) is 0 Å². The summed E-state index contributed by atoms with van der Waals surface area (Å²) in [5.41, 5.74) is 0.599. The van der Waals surface area contributed by atoms with E-state index in [2.05, 4.69) is 12.2 Å². The van der Waals surface area contributed by atoms with Crippen molar-refractivity contribution in [3.8, 4) is 0 Å². The molecule has 0 radical (unpaired) electrons. The molecule has 1 heterocycles. The number of carbonyl (C=O) groups excluding carboxylic acids is 1. The summed E-state index contributed by atoms with van der Waals surface area (Å²) in [5, 5.41) is 3.31. The van der Waals surface area contributed by atoms with E-state index in [1.807, 2.05) is 0 Å². The largest absolute Gasteiger partial charge is 0.341 e. The smallest absolute Gasteiger partial charge is 0.225 e. The maximum absolute atomic E-state index is 13.1. The number of halogens is 3. The molecule has 1 amide bonds. The molecule has 3 nitrogen and oxygen atoms in total. The molecule has 21 heavy (non-hydrogen) atoms. The van der Waals surface area contributed by atoms with Crippen molar-refractivity contribution in [3.05, 3.63) is 35.4 Å². The molecule has 118 valence electrons. The van der Waals surface area contributed by atoms with Crippen LogP contribution in [0.4, 0.5) is 8.78 Å². The molecule has 1 aliphatic heterocycles. The number of benzene rings is 1. The van der Waals surface area contributed by atoms with E-state index in [9.17, 15) is 13.6 Å². The van der Waals surface area contributed by atoms with Gasteiger partial charge in [-0.15, -0.1) is 12.4 Å². The molecule has 2 rings (SSSR count). The number of nitrogens with one attached hydrogen (secondary N) is 1. The maximum atomic E-state index is 13.1. The van der Waals surface area contributed by atoms with Gasteiger partial charge in [-0.3, -0.25) is 4.79 Å². The van der Waals surface area contributed by atoms with E-state index in [4.69, 9.17) is 0 Å². The highest BCUT2D eigenvalue weighted by Gasteiger charge is 2.27. The molecule has 6 heteroatoms. The first kappa shape index (κ1) is 17.9. The summed E-state index contributed by atoms with van der Waals surface area (Å²) in [4.78, 5) is 13.9. The summed E-state index contributed by atoms with van der Waals surface area (Å²) in [6.07, 6.45) is 1.65. The highest BCUT2D eigenvalue weighted by Crippen LogP contribution is 2.19. The summed E-state index contributed by atoms with van der Waals surface area (Å²) in [7, 11) is 1.70. The van der Waals surface area contributed by atoms with E-state index in [1.54, 1.807) is 11.9 Å². The lowest BCUT2D eigenvalue weighted by molar-refractivity contribution is -0.135. The Hall–Kier alpha value is -1.20. The fraction of sp³-hybridized carbons (Fsp3) is 0.533. The Bertz CT molecular complexity index is 499. The van der Waals surface area contributed by atoms with E-state index in [0.717, 1.165) is 31.5 Å². The van der Waals surface area contributed by atoms with Crippen LogP contribution in [0.2, 0.25) is 0 Å². The Morgan fingerprint density at radius 2 is 2.10 bits per heavy atom. The molecule has 0 bridgehead atoms. The van der Waals surface area contributed by atoms with Gasteiger partial charge in [0.05, 0.1) is 0 Å². The molecular formula is C15H21ClF2N2O. The number of piperidine rings is 1. The fourth-order valence-corrected chi connectivity index (χ4v) is 2.66. The zero-order valence-electron chi connectivity index (χ0n) is 12.2. The van der Waals surface area contributed by atoms with Crippen LogP contribution in [0, 0.1) is 17.6 Å². The number of rotatable bonds is 3. The van der Waals surface area contributed by atoms with Gasteiger partial charge in [-0.25, -0.2) is 8.78 Å². The number of nitrogens with zero attached hydrogens (tertiary/aromatic N) is 1. The first-order valence-electron chi connectivity index (χ1n) is 6.89. The predicted molar refractivity (Wildman–Crippen MR) is 80.3 cm³/mol. The number of amides is 1. The van der Waals surface area contributed by atoms with Gasteiger partial charge in [0, 0.05) is 25.6 Å². The standard InChI is InChI=1S/C15H20F2N2O.ClH/c1-10-7-12(5-6-18-10)15(20)19(2)9-11-3-4-13(16)14(17)8-11;/h3-4,8,10,12,18H,5-7,9H2,1-2H3;1H/t10-,12-;/m0./s1. The van der Waals surface area contributed by atoms with Crippen molar-refractivity contribution in [3.63, 3.8) is 0 Å². The minimum absolute atomic E-state index is 0. The van der Waals surface area contributed by atoms with E-state index in [0.29, 0.717) is 18.2 Å². The average Bonchev–Trinajstić information content (AvgIpc) is 2.42. The van der Waals surface area contributed by atoms with Crippen molar-refractivity contribution < 1.29 is 13.6 Å². The van der Waals surface area contributed by atoms with Gasteiger partial charge in [0.25, 0.3) is 0 Å². The Morgan fingerprint density at radius 3 is 2.71 bits per heavy atom. The lowest BCUT2D eigenvalue weighted by Crippen LogP contribution is -2.42. The predicted octanol–water partition coefficient (Wildman–Crippen LogP) is 2.73.